The summed E-state index contributed by atoms with van der Waals surface area (Å²) >= 11 is 0. The number of carbonyl (C=O) groups excluding carboxylic acids is 2. The van der Waals surface area contributed by atoms with Crippen molar-refractivity contribution in [3.63, 3.8) is 0 Å². The molecule has 0 aromatic heterocycles. The van der Waals surface area contributed by atoms with E-state index in [1.54, 1.807) is 17.0 Å². The van der Waals surface area contributed by atoms with Crippen LogP contribution >= 0.6 is 0 Å². The molecule has 0 spiro atoms. The van der Waals surface area contributed by atoms with Crippen molar-refractivity contribution in [2.45, 2.75) is 71.6 Å². The average molecular weight is 391 g/mol. The SMILES string of the molecule is C[C@@H]1CCCC[NH+]1CCCNC(=O)c1ccc(CNC(=O)OC(C)(C)C)cc1. The molecule has 1 saturated heterocycles. The molecule has 2 atom stereocenters. The van der Waals surface area contributed by atoms with Gasteiger partial charge in [-0.3, -0.25) is 4.79 Å². The minimum atomic E-state index is -0.514. The van der Waals surface area contributed by atoms with E-state index >= 15 is 0 Å². The summed E-state index contributed by atoms with van der Waals surface area (Å²) in [6, 6.07) is 8.03. The summed E-state index contributed by atoms with van der Waals surface area (Å²) in [7, 11) is 0. The summed E-state index contributed by atoms with van der Waals surface area (Å²) < 4.78 is 5.21. The predicted molar refractivity (Wildman–Crippen MR) is 110 cm³/mol. The van der Waals surface area contributed by atoms with Crippen molar-refractivity contribution in [2.24, 2.45) is 0 Å². The van der Waals surface area contributed by atoms with Crippen LogP contribution in [-0.4, -0.2) is 43.3 Å². The molecule has 1 heterocycles. The first-order valence-corrected chi connectivity index (χ1v) is 10.4. The lowest BCUT2D eigenvalue weighted by atomic mass is 10.0. The summed E-state index contributed by atoms with van der Waals surface area (Å²) in [5, 5.41) is 5.72. The third-order valence-corrected chi connectivity index (χ3v) is 5.09. The molecule has 1 aromatic carbocycles. The monoisotopic (exact) mass is 390 g/mol. The van der Waals surface area contributed by atoms with Gasteiger partial charge in [0.15, 0.2) is 0 Å². The lowest BCUT2D eigenvalue weighted by Gasteiger charge is -2.30. The van der Waals surface area contributed by atoms with Crippen molar-refractivity contribution >= 4 is 12.0 Å². The van der Waals surface area contributed by atoms with Gasteiger partial charge in [0.05, 0.1) is 19.1 Å². The van der Waals surface area contributed by atoms with E-state index in [4.69, 9.17) is 4.74 Å². The lowest BCUT2D eigenvalue weighted by molar-refractivity contribution is -0.928. The van der Waals surface area contributed by atoms with Crippen LogP contribution in [0.3, 0.4) is 0 Å². The van der Waals surface area contributed by atoms with Crippen molar-refractivity contribution in [2.75, 3.05) is 19.6 Å². The number of alkyl carbamates (subject to hydrolysis) is 1. The first kappa shape index (κ1) is 22.2. The molecule has 0 radical (unpaired) electrons. The van der Waals surface area contributed by atoms with Crippen molar-refractivity contribution in [3.05, 3.63) is 35.4 Å². The third-order valence-electron chi connectivity index (χ3n) is 5.09. The van der Waals surface area contributed by atoms with E-state index in [0.717, 1.165) is 24.6 Å². The van der Waals surface area contributed by atoms with Crippen molar-refractivity contribution < 1.29 is 19.2 Å². The number of piperidine rings is 1. The van der Waals surface area contributed by atoms with Crippen molar-refractivity contribution in [1.82, 2.24) is 10.6 Å². The van der Waals surface area contributed by atoms with Gasteiger partial charge in [-0.2, -0.15) is 0 Å². The maximum Gasteiger partial charge on any atom is 0.407 e. The van der Waals surface area contributed by atoms with E-state index in [0.29, 0.717) is 18.7 Å². The zero-order chi connectivity index (χ0) is 20.6. The molecule has 0 aliphatic carbocycles. The number of ether oxygens (including phenoxy) is 1. The van der Waals surface area contributed by atoms with Gasteiger partial charge in [0.2, 0.25) is 0 Å². The molecule has 1 unspecified atom stereocenters. The second-order valence-corrected chi connectivity index (χ2v) is 8.72. The largest absolute Gasteiger partial charge is 0.444 e. The summed E-state index contributed by atoms with van der Waals surface area (Å²) in [4.78, 5) is 25.6. The molecular formula is C22H36N3O3+. The number of benzene rings is 1. The van der Waals surface area contributed by atoms with Gasteiger partial charge in [0.1, 0.15) is 5.60 Å². The Hall–Kier alpha value is -2.08. The number of rotatable bonds is 7. The predicted octanol–water partition coefficient (Wildman–Crippen LogP) is 2.29. The molecule has 0 saturated carbocycles. The normalized spacial score (nSPS) is 19.7. The fourth-order valence-electron chi connectivity index (χ4n) is 3.51. The Morgan fingerprint density at radius 1 is 1.14 bits per heavy atom. The van der Waals surface area contributed by atoms with Crippen LogP contribution in [0, 0.1) is 0 Å². The maximum atomic E-state index is 12.3. The molecule has 6 nitrogen and oxygen atoms in total. The molecule has 3 N–H and O–H groups in total. The Balaban J connectivity index is 1.69. The molecule has 1 aliphatic heterocycles. The molecule has 0 bridgehead atoms. The molecule has 1 aliphatic rings. The summed E-state index contributed by atoms with van der Waals surface area (Å²) in [6.07, 6.45) is 4.55. The zero-order valence-corrected chi connectivity index (χ0v) is 17.8. The van der Waals surface area contributed by atoms with E-state index in [1.807, 2.05) is 32.9 Å². The van der Waals surface area contributed by atoms with E-state index in [-0.39, 0.29) is 5.91 Å². The maximum absolute atomic E-state index is 12.3. The third kappa shape index (κ3) is 7.89. The topological polar surface area (TPSA) is 71.9 Å². The molecule has 1 fully saturated rings. The molecule has 2 rings (SSSR count). The number of quaternary nitrogens is 1. The highest BCUT2D eigenvalue weighted by atomic mass is 16.6. The standard InChI is InChI=1S/C22H35N3O3/c1-17-8-5-6-14-25(17)15-7-13-23-20(26)19-11-9-18(10-12-19)16-24-21(27)28-22(2,3)4/h9-12,17H,5-8,13-16H2,1-4H3,(H,23,26)(H,24,27)/p+1/t17-/m1/s1. The number of hydrogen-bond acceptors (Lipinski definition) is 3. The average Bonchev–Trinajstić information content (AvgIpc) is 2.64. The van der Waals surface area contributed by atoms with Crippen LogP contribution < -0.4 is 15.5 Å². The first-order chi connectivity index (χ1) is 13.2. The molecule has 1 aromatic rings. The van der Waals surface area contributed by atoms with Gasteiger partial charge in [-0.1, -0.05) is 12.1 Å². The highest BCUT2D eigenvalue weighted by Crippen LogP contribution is 2.08. The Labute approximate surface area is 169 Å². The number of hydrogen-bond donors (Lipinski definition) is 3. The van der Waals surface area contributed by atoms with Crippen LogP contribution in [0.15, 0.2) is 24.3 Å². The minimum Gasteiger partial charge on any atom is -0.444 e. The van der Waals surface area contributed by atoms with Crippen LogP contribution in [0.2, 0.25) is 0 Å². The van der Waals surface area contributed by atoms with Crippen LogP contribution in [0.4, 0.5) is 4.79 Å². The minimum absolute atomic E-state index is 0.0478. The first-order valence-electron chi connectivity index (χ1n) is 10.4. The fourth-order valence-corrected chi connectivity index (χ4v) is 3.51. The molecule has 28 heavy (non-hydrogen) atoms. The smallest absolute Gasteiger partial charge is 0.407 e. The van der Waals surface area contributed by atoms with E-state index < -0.39 is 11.7 Å². The fraction of sp³-hybridized carbons (Fsp3) is 0.636. The number of likely N-dealkylation sites (tertiary alicyclic amines) is 1. The highest BCUT2D eigenvalue weighted by Gasteiger charge is 2.21. The second kappa shape index (κ2) is 10.5. The lowest BCUT2D eigenvalue weighted by Crippen LogP contribution is -3.16. The van der Waals surface area contributed by atoms with Gasteiger partial charge in [-0.25, -0.2) is 4.79 Å². The molecule has 2 amide bonds. The summed E-state index contributed by atoms with van der Waals surface area (Å²) in [5.41, 5.74) is 1.05. The van der Waals surface area contributed by atoms with Gasteiger partial charge in [0.25, 0.3) is 5.91 Å². The number of carbonyl (C=O) groups is 2. The van der Waals surface area contributed by atoms with Crippen LogP contribution in [-0.2, 0) is 11.3 Å². The van der Waals surface area contributed by atoms with Crippen LogP contribution in [0.5, 0.6) is 0 Å². The Morgan fingerprint density at radius 2 is 1.86 bits per heavy atom. The summed E-state index contributed by atoms with van der Waals surface area (Å²) in [5.74, 6) is -0.0478. The van der Waals surface area contributed by atoms with Gasteiger partial charge < -0.3 is 20.3 Å². The molecule has 156 valence electrons. The second-order valence-electron chi connectivity index (χ2n) is 8.72. The number of amides is 2. The quantitative estimate of drug-likeness (QED) is 0.626. The van der Waals surface area contributed by atoms with Crippen molar-refractivity contribution in [3.8, 4) is 0 Å². The Morgan fingerprint density at radius 3 is 2.50 bits per heavy atom. The van der Waals surface area contributed by atoms with Crippen LogP contribution in [0.1, 0.15) is 69.3 Å². The van der Waals surface area contributed by atoms with Gasteiger partial charge in [0, 0.05) is 25.1 Å². The van der Waals surface area contributed by atoms with E-state index in [2.05, 4.69) is 17.6 Å². The highest BCUT2D eigenvalue weighted by molar-refractivity contribution is 5.94. The van der Waals surface area contributed by atoms with E-state index in [9.17, 15) is 9.59 Å². The Kier molecular flexibility index (Phi) is 8.30. The van der Waals surface area contributed by atoms with Crippen molar-refractivity contribution in [1.29, 1.82) is 0 Å². The summed E-state index contributed by atoms with van der Waals surface area (Å²) in [6.45, 7) is 11.3. The molecular weight excluding hydrogens is 354 g/mol. The Bertz CT molecular complexity index is 637. The van der Waals surface area contributed by atoms with Gasteiger partial charge in [-0.05, 0) is 64.7 Å². The zero-order valence-electron chi connectivity index (χ0n) is 17.8. The van der Waals surface area contributed by atoms with Gasteiger partial charge in [-0.15, -0.1) is 0 Å². The van der Waals surface area contributed by atoms with Crippen LogP contribution in [0.25, 0.3) is 0 Å². The van der Waals surface area contributed by atoms with Gasteiger partial charge >= 0.3 is 6.09 Å². The molecule has 6 heteroatoms. The van der Waals surface area contributed by atoms with E-state index in [1.165, 1.54) is 25.8 Å². The number of nitrogens with one attached hydrogen (secondary N) is 3.